The summed E-state index contributed by atoms with van der Waals surface area (Å²) < 4.78 is 13.4. The van der Waals surface area contributed by atoms with Gasteiger partial charge in [0.05, 0.1) is 19.0 Å². The van der Waals surface area contributed by atoms with E-state index in [-0.39, 0.29) is 6.10 Å². The number of aliphatic hydroxyl groups is 1. The SMILES string of the molecule is C=P(C)(C)CCC1OC(n2cnc3c(OCC)nc(C)nc32)[C@H](Cl)[C@@H]1O. The number of rotatable bonds is 6. The Morgan fingerprint density at radius 1 is 1.42 bits per heavy atom. The van der Waals surface area contributed by atoms with Gasteiger partial charge in [-0.2, -0.15) is 4.98 Å². The molecule has 3 heterocycles. The summed E-state index contributed by atoms with van der Waals surface area (Å²) in [6, 6.07) is 0. The van der Waals surface area contributed by atoms with E-state index in [1.165, 1.54) is 0 Å². The van der Waals surface area contributed by atoms with Crippen LogP contribution in [0, 0.1) is 6.92 Å². The van der Waals surface area contributed by atoms with E-state index in [9.17, 15) is 5.11 Å². The van der Waals surface area contributed by atoms with Crippen molar-refractivity contribution in [3.8, 4) is 5.88 Å². The molecule has 2 unspecified atom stereocenters. The molecule has 0 aromatic carbocycles. The largest absolute Gasteiger partial charge is 0.476 e. The minimum absolute atomic E-state index is 0.324. The number of aryl methyl sites for hydroxylation is 1. The van der Waals surface area contributed by atoms with Gasteiger partial charge in [0.15, 0.2) is 17.4 Å². The first-order valence-corrected chi connectivity index (χ1v) is 12.2. The summed E-state index contributed by atoms with van der Waals surface area (Å²) in [7, 11) is 0. The molecule has 2 aromatic heterocycles. The Hall–Kier alpha value is -1.14. The minimum Gasteiger partial charge on any atom is -0.476 e. The van der Waals surface area contributed by atoms with Gasteiger partial charge < -0.3 is 14.6 Å². The van der Waals surface area contributed by atoms with Gasteiger partial charge in [-0.05, 0) is 39.8 Å². The number of aromatic nitrogens is 4. The maximum absolute atomic E-state index is 10.5. The van der Waals surface area contributed by atoms with Crippen molar-refractivity contribution >= 4 is 36.0 Å². The van der Waals surface area contributed by atoms with Gasteiger partial charge in [-0.3, -0.25) is 4.57 Å². The molecule has 0 amide bonds. The van der Waals surface area contributed by atoms with Gasteiger partial charge in [0, 0.05) is 0 Å². The van der Waals surface area contributed by atoms with Crippen LogP contribution < -0.4 is 4.74 Å². The Bertz CT molecular complexity index is 837. The average molecular weight is 401 g/mol. The molecular weight excluding hydrogens is 375 g/mol. The number of fused-ring (bicyclic) bond motifs is 1. The molecule has 4 atom stereocenters. The topological polar surface area (TPSA) is 82.3 Å². The van der Waals surface area contributed by atoms with Crippen LogP contribution in [-0.4, -0.2) is 74.6 Å². The number of imidazole rings is 1. The number of aliphatic hydroxyl groups excluding tert-OH is 1. The lowest BCUT2D eigenvalue weighted by molar-refractivity contribution is -0.0176. The molecule has 0 saturated carbocycles. The van der Waals surface area contributed by atoms with Crippen molar-refractivity contribution in [1.82, 2.24) is 19.5 Å². The van der Waals surface area contributed by atoms with Gasteiger partial charge in [0.25, 0.3) is 0 Å². The normalized spacial score (nSPS) is 26.5. The van der Waals surface area contributed by atoms with Crippen molar-refractivity contribution < 1.29 is 14.6 Å². The zero-order valence-electron chi connectivity index (χ0n) is 15.6. The second-order valence-electron chi connectivity index (χ2n) is 7.28. The average Bonchev–Trinajstić information content (AvgIpc) is 3.08. The molecule has 144 valence electrons. The number of halogens is 1. The smallest absolute Gasteiger partial charge is 0.245 e. The van der Waals surface area contributed by atoms with Gasteiger partial charge >= 0.3 is 0 Å². The Kier molecular flexibility index (Phi) is 5.63. The predicted octanol–water partition coefficient (Wildman–Crippen LogP) is 2.50. The van der Waals surface area contributed by atoms with E-state index in [1.54, 1.807) is 17.8 Å². The fourth-order valence-electron chi connectivity index (χ4n) is 3.06. The fraction of sp³-hybridized carbons (Fsp3) is 0.647. The van der Waals surface area contributed by atoms with Gasteiger partial charge in [0.2, 0.25) is 5.88 Å². The molecule has 1 fully saturated rings. The maximum atomic E-state index is 10.5. The lowest BCUT2D eigenvalue weighted by atomic mass is 10.1. The maximum Gasteiger partial charge on any atom is 0.245 e. The van der Waals surface area contributed by atoms with Gasteiger partial charge in [-0.25, -0.2) is 9.97 Å². The van der Waals surface area contributed by atoms with Crippen LogP contribution in [0.5, 0.6) is 5.88 Å². The molecule has 26 heavy (non-hydrogen) atoms. The van der Waals surface area contributed by atoms with E-state index in [4.69, 9.17) is 21.1 Å². The monoisotopic (exact) mass is 400 g/mol. The van der Waals surface area contributed by atoms with Crippen LogP contribution in [0.3, 0.4) is 0 Å². The number of alkyl halides is 1. The van der Waals surface area contributed by atoms with E-state index >= 15 is 0 Å². The van der Waals surface area contributed by atoms with Crippen molar-refractivity contribution in [2.75, 3.05) is 26.1 Å². The van der Waals surface area contributed by atoms with E-state index in [1.807, 2.05) is 6.92 Å². The van der Waals surface area contributed by atoms with Crippen LogP contribution in [0.4, 0.5) is 0 Å². The zero-order valence-corrected chi connectivity index (χ0v) is 17.2. The summed E-state index contributed by atoms with van der Waals surface area (Å²) in [4.78, 5) is 13.2. The molecule has 1 aliphatic heterocycles. The predicted molar refractivity (Wildman–Crippen MR) is 106 cm³/mol. The van der Waals surface area contributed by atoms with E-state index < -0.39 is 24.6 Å². The van der Waals surface area contributed by atoms with Crippen molar-refractivity contribution in [2.24, 2.45) is 0 Å². The first kappa shape index (κ1) is 19.6. The van der Waals surface area contributed by atoms with Crippen LogP contribution in [0.2, 0.25) is 0 Å². The zero-order chi connectivity index (χ0) is 19.1. The highest BCUT2D eigenvalue weighted by atomic mass is 35.5. The first-order chi connectivity index (χ1) is 12.2. The molecule has 1 saturated heterocycles. The highest BCUT2D eigenvalue weighted by Crippen LogP contribution is 2.41. The Labute approximate surface area is 158 Å². The molecule has 1 N–H and O–H groups in total. The lowest BCUT2D eigenvalue weighted by Crippen LogP contribution is -2.28. The highest BCUT2D eigenvalue weighted by molar-refractivity contribution is 7.72. The molecule has 2 aromatic rings. The Morgan fingerprint density at radius 2 is 2.15 bits per heavy atom. The summed E-state index contributed by atoms with van der Waals surface area (Å²) >= 11 is 6.50. The van der Waals surface area contributed by atoms with Crippen molar-refractivity contribution in [3.63, 3.8) is 0 Å². The van der Waals surface area contributed by atoms with Crippen molar-refractivity contribution in [1.29, 1.82) is 0 Å². The van der Waals surface area contributed by atoms with Crippen LogP contribution in [-0.2, 0) is 4.74 Å². The molecule has 0 aliphatic carbocycles. The summed E-state index contributed by atoms with van der Waals surface area (Å²) in [6.07, 6.45) is 5.89. The van der Waals surface area contributed by atoms with Gasteiger partial charge in [0.1, 0.15) is 17.3 Å². The lowest BCUT2D eigenvalue weighted by Gasteiger charge is -2.19. The molecule has 0 bridgehead atoms. The van der Waals surface area contributed by atoms with Crippen LogP contribution in [0.15, 0.2) is 6.33 Å². The molecular formula is C17H26ClN4O3P. The summed E-state index contributed by atoms with van der Waals surface area (Å²) in [6.45, 7) is 7.32. The Morgan fingerprint density at radius 3 is 2.81 bits per heavy atom. The molecule has 0 radical (unpaired) electrons. The summed E-state index contributed by atoms with van der Waals surface area (Å²) in [5, 5.41) is 9.94. The first-order valence-electron chi connectivity index (χ1n) is 8.70. The van der Waals surface area contributed by atoms with Crippen LogP contribution in [0.1, 0.15) is 25.4 Å². The third-order valence-corrected chi connectivity index (χ3v) is 6.31. The molecule has 3 rings (SSSR count). The van der Waals surface area contributed by atoms with Gasteiger partial charge in [-0.1, -0.05) is 0 Å². The van der Waals surface area contributed by atoms with Gasteiger partial charge in [-0.15, -0.1) is 24.8 Å². The van der Waals surface area contributed by atoms with Crippen LogP contribution in [0.25, 0.3) is 11.2 Å². The number of ether oxygens (including phenoxy) is 2. The Balaban J connectivity index is 1.90. The van der Waals surface area contributed by atoms with Crippen molar-refractivity contribution in [3.05, 3.63) is 12.2 Å². The quantitative estimate of drug-likeness (QED) is 0.592. The van der Waals surface area contributed by atoms with E-state index in [2.05, 4.69) is 34.6 Å². The fourth-order valence-corrected chi connectivity index (χ4v) is 4.36. The third-order valence-electron chi connectivity index (χ3n) is 4.37. The summed E-state index contributed by atoms with van der Waals surface area (Å²) in [5.74, 6) is 1.02. The third kappa shape index (κ3) is 3.91. The molecule has 0 spiro atoms. The second-order valence-corrected chi connectivity index (χ2v) is 12.1. The van der Waals surface area contributed by atoms with Crippen LogP contribution >= 0.6 is 18.5 Å². The molecule has 1 aliphatic rings. The highest BCUT2D eigenvalue weighted by Gasteiger charge is 2.44. The van der Waals surface area contributed by atoms with E-state index in [0.29, 0.717) is 29.5 Å². The molecule has 7 nitrogen and oxygen atoms in total. The minimum atomic E-state index is -1.19. The number of hydrogen-bond donors (Lipinski definition) is 1. The number of hydrogen-bond acceptors (Lipinski definition) is 6. The second kappa shape index (κ2) is 7.47. The standard InChI is InChI=1S/C17H26ClN4O3P/c1-6-24-16-13-15(20-10(2)21-16)22(9-19-13)17-12(18)14(23)11(25-17)7-8-26(3,4)5/h9,11-12,14,17,23H,3,6-8H2,1-2,4-5H3/t11?,12-,14-,17?/m1/s1. The molecule has 9 heteroatoms. The number of nitrogens with zero attached hydrogens (tertiary/aromatic N) is 4. The van der Waals surface area contributed by atoms with E-state index in [0.717, 1.165) is 12.6 Å². The van der Waals surface area contributed by atoms with Crippen molar-refractivity contribution in [2.45, 2.75) is 44.1 Å². The summed E-state index contributed by atoms with van der Waals surface area (Å²) in [5.41, 5.74) is 1.15.